The zero-order chi connectivity index (χ0) is 19.6. The summed E-state index contributed by atoms with van der Waals surface area (Å²) in [6.07, 6.45) is 1.89. The minimum atomic E-state index is -1.05. The third kappa shape index (κ3) is 3.65. The highest BCUT2D eigenvalue weighted by Gasteiger charge is 2.37. The Labute approximate surface area is 157 Å². The van der Waals surface area contributed by atoms with Gasteiger partial charge >= 0.3 is 5.97 Å². The van der Waals surface area contributed by atoms with E-state index in [2.05, 4.69) is 0 Å². The molecule has 6 nitrogen and oxygen atoms in total. The van der Waals surface area contributed by atoms with Crippen LogP contribution in [0.5, 0.6) is 11.5 Å². The molecule has 0 saturated heterocycles. The summed E-state index contributed by atoms with van der Waals surface area (Å²) in [5.74, 6) is -0.287. The monoisotopic (exact) mass is 367 g/mol. The number of hydrogen-bond acceptors (Lipinski definition) is 4. The van der Waals surface area contributed by atoms with E-state index in [9.17, 15) is 14.7 Å². The average Bonchev–Trinajstić information content (AvgIpc) is 2.66. The Hall–Kier alpha value is -3.28. The lowest BCUT2D eigenvalue weighted by Crippen LogP contribution is -2.48. The average molecular weight is 367 g/mol. The zero-order valence-electron chi connectivity index (χ0n) is 15.4. The topological polar surface area (TPSA) is 76.1 Å². The lowest BCUT2D eigenvalue weighted by Gasteiger charge is -2.34. The molecule has 0 spiro atoms. The molecular formula is C21H21NO5. The van der Waals surface area contributed by atoms with Gasteiger partial charge in [0.2, 0.25) is 0 Å². The van der Waals surface area contributed by atoms with Gasteiger partial charge in [0.15, 0.2) is 11.5 Å². The van der Waals surface area contributed by atoms with E-state index in [4.69, 9.17) is 9.47 Å². The Kier molecular flexibility index (Phi) is 5.16. The summed E-state index contributed by atoms with van der Waals surface area (Å²) in [7, 11) is 1.58. The molecule has 140 valence electrons. The van der Waals surface area contributed by atoms with Crippen molar-refractivity contribution in [1.82, 2.24) is 0 Å². The minimum absolute atomic E-state index is 0.0798. The number of methoxy groups -OCH3 is 1. The highest BCUT2D eigenvalue weighted by atomic mass is 16.5. The molecule has 1 atom stereocenters. The van der Waals surface area contributed by atoms with Crippen molar-refractivity contribution in [3.8, 4) is 11.5 Å². The summed E-state index contributed by atoms with van der Waals surface area (Å²) in [6, 6.07) is 11.6. The lowest BCUT2D eigenvalue weighted by molar-refractivity contribution is -0.140. The fourth-order valence-electron chi connectivity index (χ4n) is 3.01. The second-order valence-corrected chi connectivity index (χ2v) is 6.29. The number of aryl methyl sites for hydroxylation is 1. The van der Waals surface area contributed by atoms with Gasteiger partial charge < -0.3 is 14.6 Å². The van der Waals surface area contributed by atoms with E-state index >= 15 is 0 Å². The van der Waals surface area contributed by atoms with Crippen molar-refractivity contribution >= 4 is 23.6 Å². The third-order valence-electron chi connectivity index (χ3n) is 4.42. The molecule has 2 aromatic rings. The van der Waals surface area contributed by atoms with Crippen LogP contribution in [0.1, 0.15) is 24.5 Å². The number of amides is 1. The van der Waals surface area contributed by atoms with Gasteiger partial charge in [-0.3, -0.25) is 9.69 Å². The van der Waals surface area contributed by atoms with E-state index in [0.717, 1.165) is 11.1 Å². The van der Waals surface area contributed by atoms with Gasteiger partial charge in [-0.1, -0.05) is 25.1 Å². The molecule has 0 radical (unpaired) electrons. The van der Waals surface area contributed by atoms with Gasteiger partial charge in [0.05, 0.1) is 12.8 Å². The van der Waals surface area contributed by atoms with Crippen molar-refractivity contribution in [2.75, 3.05) is 12.0 Å². The highest BCUT2D eigenvalue weighted by Crippen LogP contribution is 2.38. The van der Waals surface area contributed by atoms with Gasteiger partial charge in [0, 0.05) is 0 Å². The Morgan fingerprint density at radius 3 is 2.56 bits per heavy atom. The fourth-order valence-corrected chi connectivity index (χ4v) is 3.01. The highest BCUT2D eigenvalue weighted by molar-refractivity contribution is 6.12. The summed E-state index contributed by atoms with van der Waals surface area (Å²) in [4.78, 5) is 26.1. The van der Waals surface area contributed by atoms with Gasteiger partial charge in [-0.25, -0.2) is 4.79 Å². The fraction of sp³-hybridized carbons (Fsp3) is 0.238. The lowest BCUT2D eigenvalue weighted by atomic mass is 10.1. The van der Waals surface area contributed by atoms with E-state index in [0.29, 0.717) is 17.2 Å². The summed E-state index contributed by atoms with van der Waals surface area (Å²) >= 11 is 0. The molecule has 0 aliphatic carbocycles. The maximum Gasteiger partial charge on any atom is 0.326 e. The van der Waals surface area contributed by atoms with E-state index < -0.39 is 17.9 Å². The number of benzene rings is 2. The van der Waals surface area contributed by atoms with Crippen LogP contribution < -0.4 is 14.4 Å². The number of carboxylic acid groups (broad SMARTS) is 1. The second-order valence-electron chi connectivity index (χ2n) is 6.29. The van der Waals surface area contributed by atoms with Crippen molar-refractivity contribution in [1.29, 1.82) is 0 Å². The first-order valence-electron chi connectivity index (χ1n) is 8.65. The van der Waals surface area contributed by atoms with Crippen LogP contribution in [-0.2, 0) is 9.59 Å². The molecule has 0 saturated carbocycles. The van der Waals surface area contributed by atoms with Crippen molar-refractivity contribution in [3.63, 3.8) is 0 Å². The first-order valence-corrected chi connectivity index (χ1v) is 8.65. The number of rotatable bonds is 5. The van der Waals surface area contributed by atoms with Crippen LogP contribution in [0.25, 0.3) is 6.08 Å². The number of ether oxygens (including phenoxy) is 2. The maximum atomic E-state index is 13.1. The Morgan fingerprint density at radius 2 is 1.96 bits per heavy atom. The second kappa shape index (κ2) is 7.53. The van der Waals surface area contributed by atoms with Crippen LogP contribution in [0.3, 0.4) is 0 Å². The molecule has 0 bridgehead atoms. The predicted octanol–water partition coefficient (Wildman–Crippen LogP) is 3.63. The summed E-state index contributed by atoms with van der Waals surface area (Å²) in [6.45, 7) is 3.62. The van der Waals surface area contributed by atoms with E-state index in [1.54, 1.807) is 56.5 Å². The van der Waals surface area contributed by atoms with Crippen molar-refractivity contribution in [3.05, 3.63) is 59.4 Å². The molecule has 1 amide bonds. The van der Waals surface area contributed by atoms with Crippen molar-refractivity contribution < 1.29 is 24.2 Å². The van der Waals surface area contributed by atoms with E-state index in [1.165, 1.54) is 4.90 Å². The summed E-state index contributed by atoms with van der Waals surface area (Å²) in [5, 5.41) is 9.60. The number of carbonyl (C=O) groups is 2. The molecule has 0 fully saturated rings. The van der Waals surface area contributed by atoms with Gasteiger partial charge in [0.1, 0.15) is 11.8 Å². The third-order valence-corrected chi connectivity index (χ3v) is 4.42. The van der Waals surface area contributed by atoms with Crippen LogP contribution >= 0.6 is 0 Å². The minimum Gasteiger partial charge on any atom is -0.497 e. The zero-order valence-corrected chi connectivity index (χ0v) is 15.4. The van der Waals surface area contributed by atoms with Gasteiger partial charge in [-0.05, 0) is 54.8 Å². The van der Waals surface area contributed by atoms with Crippen LogP contribution in [0.15, 0.2) is 48.2 Å². The van der Waals surface area contributed by atoms with Crippen LogP contribution in [0, 0.1) is 6.92 Å². The van der Waals surface area contributed by atoms with Crippen LogP contribution in [0.2, 0.25) is 0 Å². The normalized spacial score (nSPS) is 15.9. The molecule has 2 aromatic carbocycles. The molecular weight excluding hydrogens is 346 g/mol. The molecule has 0 aromatic heterocycles. The molecule has 1 aliphatic rings. The van der Waals surface area contributed by atoms with Gasteiger partial charge in [0.25, 0.3) is 5.91 Å². The molecule has 1 heterocycles. The first-order chi connectivity index (χ1) is 12.9. The first kappa shape index (κ1) is 18.5. The Morgan fingerprint density at radius 1 is 1.26 bits per heavy atom. The van der Waals surface area contributed by atoms with Crippen molar-refractivity contribution in [2.24, 2.45) is 0 Å². The number of hydrogen-bond donors (Lipinski definition) is 1. The molecule has 1 aliphatic heterocycles. The number of anilines is 1. The van der Waals surface area contributed by atoms with Crippen molar-refractivity contribution in [2.45, 2.75) is 26.3 Å². The summed E-state index contributed by atoms with van der Waals surface area (Å²) in [5.41, 5.74) is 2.14. The molecule has 6 heteroatoms. The Bertz CT molecular complexity index is 901. The molecule has 3 rings (SSSR count). The molecule has 1 N–H and O–H groups in total. The van der Waals surface area contributed by atoms with Crippen LogP contribution in [0.4, 0.5) is 5.69 Å². The largest absolute Gasteiger partial charge is 0.497 e. The standard InChI is InChI=1S/C21H21NO5/c1-4-16(21(24)25)22-17-11-13(2)5-10-18(17)27-19(20(22)23)12-14-6-8-15(26-3)9-7-14/h5-12,16H,4H2,1-3H3,(H,24,25)/b19-12+. The predicted molar refractivity (Wildman–Crippen MR) is 102 cm³/mol. The smallest absolute Gasteiger partial charge is 0.326 e. The molecule has 1 unspecified atom stereocenters. The SMILES string of the molecule is CCC(C(=O)O)N1C(=O)/C(=C\c2ccc(OC)cc2)Oc2ccc(C)cc21. The van der Waals surface area contributed by atoms with Gasteiger partial charge in [-0.15, -0.1) is 0 Å². The number of carboxylic acids is 1. The number of fused-ring (bicyclic) bond motifs is 1. The number of aliphatic carboxylic acids is 1. The van der Waals surface area contributed by atoms with E-state index in [-0.39, 0.29) is 12.2 Å². The van der Waals surface area contributed by atoms with Crippen LogP contribution in [-0.4, -0.2) is 30.1 Å². The summed E-state index contributed by atoms with van der Waals surface area (Å²) < 4.78 is 10.9. The molecule has 27 heavy (non-hydrogen) atoms. The maximum absolute atomic E-state index is 13.1. The number of nitrogens with zero attached hydrogens (tertiary/aromatic N) is 1. The Balaban J connectivity index is 2.07. The van der Waals surface area contributed by atoms with Gasteiger partial charge in [-0.2, -0.15) is 0 Å². The quantitative estimate of drug-likeness (QED) is 0.817. The number of carbonyl (C=O) groups excluding carboxylic acids is 1. The van der Waals surface area contributed by atoms with E-state index in [1.807, 2.05) is 13.0 Å².